The third-order valence-corrected chi connectivity index (χ3v) is 3.39. The Kier molecular flexibility index (Phi) is 5.61. The Bertz CT molecular complexity index is 739. The summed E-state index contributed by atoms with van der Waals surface area (Å²) < 4.78 is 11.2. The van der Waals surface area contributed by atoms with Crippen LogP contribution in [0.25, 0.3) is 0 Å². The van der Waals surface area contributed by atoms with Crippen molar-refractivity contribution in [1.29, 1.82) is 0 Å². The van der Waals surface area contributed by atoms with Crippen LogP contribution in [-0.4, -0.2) is 27.1 Å². The highest BCUT2D eigenvalue weighted by Crippen LogP contribution is 2.15. The molecule has 0 bridgehead atoms. The summed E-state index contributed by atoms with van der Waals surface area (Å²) in [4.78, 5) is 7.98. The summed E-state index contributed by atoms with van der Waals surface area (Å²) in [6.07, 6.45) is 0. The van der Waals surface area contributed by atoms with E-state index >= 15 is 0 Å². The molecule has 2 N–H and O–H groups in total. The molecule has 126 valence electrons. The van der Waals surface area contributed by atoms with E-state index in [1.165, 1.54) is 6.07 Å². The highest BCUT2D eigenvalue weighted by molar-refractivity contribution is 6.56. The molecule has 0 aliphatic rings. The van der Waals surface area contributed by atoms with Crippen LogP contribution in [0.3, 0.4) is 0 Å². The van der Waals surface area contributed by atoms with Crippen molar-refractivity contribution in [3.05, 3.63) is 77.9 Å². The first-order valence-electron chi connectivity index (χ1n) is 7.79. The van der Waals surface area contributed by atoms with Gasteiger partial charge in [0.05, 0.1) is 6.07 Å². The summed E-state index contributed by atoms with van der Waals surface area (Å²) in [7, 11) is -1.81. The first kappa shape index (κ1) is 16.9. The first-order chi connectivity index (χ1) is 12.2. The summed E-state index contributed by atoms with van der Waals surface area (Å²) in [6.45, 7) is 0.605. The fraction of sp³-hybridized carbons (Fsp3) is 0.111. The first-order valence-corrected chi connectivity index (χ1v) is 7.79. The van der Waals surface area contributed by atoms with Gasteiger partial charge in [-0.15, -0.1) is 0 Å². The maximum absolute atomic E-state index is 9.36. The second-order valence-electron chi connectivity index (χ2n) is 5.32. The molecule has 0 amide bonds. The Morgan fingerprint density at radius 3 is 1.56 bits per heavy atom. The highest BCUT2D eigenvalue weighted by Gasteiger charge is 2.18. The Morgan fingerprint density at radius 1 is 0.720 bits per heavy atom. The lowest BCUT2D eigenvalue weighted by Gasteiger charge is -2.10. The molecule has 3 aromatic rings. The van der Waals surface area contributed by atoms with E-state index < -0.39 is 7.12 Å². The monoisotopic (exact) mass is 336 g/mol. The second-order valence-corrected chi connectivity index (χ2v) is 5.32. The van der Waals surface area contributed by atoms with Crippen LogP contribution < -0.4 is 15.2 Å². The zero-order chi connectivity index (χ0) is 17.5. The number of rotatable bonds is 7. The smallest absolute Gasteiger partial charge is 0.473 e. The fourth-order valence-corrected chi connectivity index (χ4v) is 2.15. The molecule has 6 nitrogen and oxygen atoms in total. The Balaban J connectivity index is 1.72. The van der Waals surface area contributed by atoms with Crippen molar-refractivity contribution in [3.63, 3.8) is 0 Å². The van der Waals surface area contributed by atoms with Crippen LogP contribution in [0, 0.1) is 0 Å². The van der Waals surface area contributed by atoms with Crippen molar-refractivity contribution >= 4 is 12.8 Å². The van der Waals surface area contributed by atoms with Crippen LogP contribution in [0.2, 0.25) is 0 Å². The molecule has 0 spiro atoms. The topological polar surface area (TPSA) is 84.7 Å². The molecular formula is C18H17BN2O4. The molecule has 25 heavy (non-hydrogen) atoms. The molecule has 0 saturated carbocycles. The van der Waals surface area contributed by atoms with E-state index in [0.29, 0.717) is 13.2 Å². The van der Waals surface area contributed by atoms with Gasteiger partial charge in [0, 0.05) is 0 Å². The molecule has 0 fully saturated rings. The summed E-state index contributed by atoms with van der Waals surface area (Å²) in [6, 6.07) is 20.7. The lowest BCUT2D eigenvalue weighted by atomic mass is 9.91. The zero-order valence-electron chi connectivity index (χ0n) is 13.4. The van der Waals surface area contributed by atoms with Crippen LogP contribution >= 0.6 is 0 Å². The summed E-state index contributed by atoms with van der Waals surface area (Å²) in [5.74, 6) is 0.426. The predicted molar refractivity (Wildman–Crippen MR) is 93.4 cm³/mol. The molecule has 0 unspecified atom stereocenters. The van der Waals surface area contributed by atoms with Gasteiger partial charge in [0.15, 0.2) is 5.72 Å². The number of benzene rings is 2. The van der Waals surface area contributed by atoms with Crippen LogP contribution in [0.5, 0.6) is 11.8 Å². The van der Waals surface area contributed by atoms with Crippen molar-refractivity contribution in [2.75, 3.05) is 0 Å². The van der Waals surface area contributed by atoms with Gasteiger partial charge < -0.3 is 19.5 Å². The van der Waals surface area contributed by atoms with Crippen molar-refractivity contribution in [3.8, 4) is 11.8 Å². The van der Waals surface area contributed by atoms with Crippen LogP contribution in [-0.2, 0) is 13.2 Å². The number of hydrogen-bond donors (Lipinski definition) is 2. The average molecular weight is 336 g/mol. The number of hydrogen-bond acceptors (Lipinski definition) is 6. The van der Waals surface area contributed by atoms with E-state index in [0.717, 1.165) is 11.1 Å². The minimum absolute atomic E-state index is 0.173. The molecule has 1 aromatic heterocycles. The molecule has 0 aliphatic carbocycles. The lowest BCUT2D eigenvalue weighted by Crippen LogP contribution is -2.36. The minimum atomic E-state index is -1.81. The van der Waals surface area contributed by atoms with Gasteiger partial charge >= 0.3 is 7.12 Å². The summed E-state index contributed by atoms with van der Waals surface area (Å²) >= 11 is 0. The van der Waals surface area contributed by atoms with Gasteiger partial charge in [0.25, 0.3) is 0 Å². The Hall–Kier alpha value is -2.90. The SMILES string of the molecule is OB(O)c1nc(OCc2ccccc2)cc(OCc2ccccc2)n1. The standard InChI is InChI=1S/C18H17BN2O4/c22-19(23)18-20-16(24-12-14-7-3-1-4-8-14)11-17(21-18)25-13-15-9-5-2-6-10-15/h1-11,22-23H,12-13H2. The quantitative estimate of drug-likeness (QED) is 0.633. The summed E-state index contributed by atoms with van der Waals surface area (Å²) in [5.41, 5.74) is 1.77. The Labute approximate surface area is 145 Å². The van der Waals surface area contributed by atoms with E-state index in [-0.39, 0.29) is 17.5 Å². The van der Waals surface area contributed by atoms with E-state index in [1.54, 1.807) is 0 Å². The van der Waals surface area contributed by atoms with Gasteiger partial charge in [0.2, 0.25) is 11.8 Å². The van der Waals surface area contributed by atoms with Crippen molar-refractivity contribution in [1.82, 2.24) is 9.97 Å². The van der Waals surface area contributed by atoms with Gasteiger partial charge in [-0.3, -0.25) is 0 Å². The molecule has 0 atom stereocenters. The Morgan fingerprint density at radius 2 is 1.16 bits per heavy atom. The zero-order valence-corrected chi connectivity index (χ0v) is 13.4. The molecule has 0 aliphatic heterocycles. The van der Waals surface area contributed by atoms with Gasteiger partial charge in [-0.2, -0.15) is 0 Å². The number of nitrogens with zero attached hydrogens (tertiary/aromatic N) is 2. The predicted octanol–water partition coefficient (Wildman–Crippen LogP) is 1.31. The van der Waals surface area contributed by atoms with Crippen molar-refractivity contribution in [2.45, 2.75) is 13.2 Å². The van der Waals surface area contributed by atoms with Gasteiger partial charge in [0.1, 0.15) is 13.2 Å². The van der Waals surface area contributed by atoms with E-state index in [4.69, 9.17) is 9.47 Å². The normalized spacial score (nSPS) is 10.3. The average Bonchev–Trinajstić information content (AvgIpc) is 2.66. The number of ether oxygens (including phenoxy) is 2. The van der Waals surface area contributed by atoms with Gasteiger partial charge in [-0.05, 0) is 11.1 Å². The summed E-state index contributed by atoms with van der Waals surface area (Å²) in [5, 5.41) is 18.7. The largest absolute Gasteiger partial charge is 0.528 e. The fourth-order valence-electron chi connectivity index (χ4n) is 2.15. The van der Waals surface area contributed by atoms with E-state index in [1.807, 2.05) is 60.7 Å². The second kappa shape index (κ2) is 8.28. The molecule has 7 heteroatoms. The van der Waals surface area contributed by atoms with E-state index in [9.17, 15) is 10.0 Å². The molecular weight excluding hydrogens is 319 g/mol. The van der Waals surface area contributed by atoms with Crippen LogP contribution in [0.4, 0.5) is 0 Å². The van der Waals surface area contributed by atoms with Gasteiger partial charge in [-0.25, -0.2) is 9.97 Å². The third kappa shape index (κ3) is 5.04. The van der Waals surface area contributed by atoms with Crippen LogP contribution in [0.1, 0.15) is 11.1 Å². The minimum Gasteiger partial charge on any atom is -0.473 e. The molecule has 3 rings (SSSR count). The highest BCUT2D eigenvalue weighted by atomic mass is 16.5. The molecule has 0 saturated heterocycles. The maximum Gasteiger partial charge on any atom is 0.528 e. The molecule has 0 radical (unpaired) electrons. The third-order valence-electron chi connectivity index (χ3n) is 3.39. The molecule has 1 heterocycles. The van der Waals surface area contributed by atoms with E-state index in [2.05, 4.69) is 9.97 Å². The lowest BCUT2D eigenvalue weighted by molar-refractivity contribution is 0.274. The number of aromatic nitrogens is 2. The van der Waals surface area contributed by atoms with Crippen molar-refractivity contribution in [2.24, 2.45) is 0 Å². The van der Waals surface area contributed by atoms with Crippen molar-refractivity contribution < 1.29 is 19.5 Å². The van der Waals surface area contributed by atoms with Crippen LogP contribution in [0.15, 0.2) is 66.7 Å². The molecule has 2 aromatic carbocycles. The van der Waals surface area contributed by atoms with Gasteiger partial charge in [-0.1, -0.05) is 60.7 Å². The maximum atomic E-state index is 9.36.